The minimum atomic E-state index is -4.74. The zero-order valence-electron chi connectivity index (χ0n) is 17.8. The molecule has 0 amide bonds. The Balaban J connectivity index is 1.99. The fourth-order valence-electron chi connectivity index (χ4n) is 3.18. The van der Waals surface area contributed by atoms with Gasteiger partial charge in [0.1, 0.15) is 12.4 Å². The summed E-state index contributed by atoms with van der Waals surface area (Å²) in [6.45, 7) is -0.485. The number of ketones is 1. The lowest BCUT2D eigenvalue weighted by atomic mass is 10.0. The van der Waals surface area contributed by atoms with Crippen molar-refractivity contribution in [3.05, 3.63) is 80.8 Å². The van der Waals surface area contributed by atoms with Gasteiger partial charge >= 0.3 is 6.18 Å². The summed E-state index contributed by atoms with van der Waals surface area (Å²) in [5, 5.41) is 0.367. The summed E-state index contributed by atoms with van der Waals surface area (Å²) < 4.78 is 69.2. The van der Waals surface area contributed by atoms with Gasteiger partial charge in [-0.2, -0.15) is 13.2 Å². The number of hydrogen-bond acceptors (Lipinski definition) is 5. The van der Waals surface area contributed by atoms with E-state index in [1.165, 1.54) is 38.7 Å². The molecule has 0 saturated carbocycles. The van der Waals surface area contributed by atoms with Crippen LogP contribution in [0.3, 0.4) is 0 Å². The third-order valence-electron chi connectivity index (χ3n) is 4.76. The number of alkyl halides is 3. The normalized spacial score (nSPS) is 11.3. The van der Waals surface area contributed by atoms with Crippen molar-refractivity contribution in [3.63, 3.8) is 0 Å². The average molecular weight is 518 g/mol. The molecule has 0 fully saturated rings. The lowest BCUT2D eigenvalue weighted by molar-refractivity contribution is -0.137. The van der Waals surface area contributed by atoms with Crippen LogP contribution in [0.2, 0.25) is 10.0 Å². The van der Waals surface area contributed by atoms with Crippen LogP contribution in [-0.2, 0) is 19.2 Å². The van der Waals surface area contributed by atoms with Crippen molar-refractivity contribution >= 4 is 29.0 Å². The first-order chi connectivity index (χ1) is 16.0. The number of aromatic nitrogens is 1. The first-order valence-corrected chi connectivity index (χ1v) is 10.4. The minimum Gasteiger partial charge on any atom is -0.493 e. The van der Waals surface area contributed by atoms with Crippen LogP contribution in [0.15, 0.2) is 42.7 Å². The Labute approximate surface area is 202 Å². The zero-order valence-corrected chi connectivity index (χ0v) is 19.3. The van der Waals surface area contributed by atoms with Gasteiger partial charge in [0.05, 0.1) is 35.4 Å². The highest BCUT2D eigenvalue weighted by Gasteiger charge is 2.31. The van der Waals surface area contributed by atoms with Gasteiger partial charge in [0, 0.05) is 24.4 Å². The second kappa shape index (κ2) is 10.5. The lowest BCUT2D eigenvalue weighted by Gasteiger charge is -2.18. The average Bonchev–Trinajstić information content (AvgIpc) is 2.78. The molecule has 0 saturated heterocycles. The first-order valence-electron chi connectivity index (χ1n) is 9.60. The Kier molecular flexibility index (Phi) is 7.89. The van der Waals surface area contributed by atoms with E-state index in [1.54, 1.807) is 0 Å². The summed E-state index contributed by atoms with van der Waals surface area (Å²) in [6.07, 6.45) is -2.28. The first kappa shape index (κ1) is 25.6. The molecule has 0 aliphatic heterocycles. The van der Waals surface area contributed by atoms with Crippen LogP contribution in [0.1, 0.15) is 27.0 Å². The molecule has 0 aliphatic carbocycles. The predicted molar refractivity (Wildman–Crippen MR) is 118 cm³/mol. The maximum Gasteiger partial charge on any atom is 0.416 e. The summed E-state index contributed by atoms with van der Waals surface area (Å²) in [5.41, 5.74) is -0.893. The maximum atomic E-state index is 13.8. The fraction of sp³-hybridized carbons (Fsp3) is 0.217. The Bertz CT molecular complexity index is 1200. The largest absolute Gasteiger partial charge is 0.493 e. The SMILES string of the molecule is COc1ccc(C(=O)Cc2c(Cl)cncc2Cl)c(OCc2cc(F)cc(C(F)(F)F)c2)c1OC. The van der Waals surface area contributed by atoms with Gasteiger partial charge in [-0.15, -0.1) is 0 Å². The van der Waals surface area contributed by atoms with E-state index in [2.05, 4.69) is 4.98 Å². The third kappa shape index (κ3) is 5.71. The number of halogens is 6. The monoisotopic (exact) mass is 517 g/mol. The van der Waals surface area contributed by atoms with Crippen LogP contribution in [0.4, 0.5) is 17.6 Å². The number of methoxy groups -OCH3 is 2. The number of nitrogens with zero attached hydrogens (tertiary/aromatic N) is 1. The predicted octanol–water partition coefficient (Wildman–Crippen LogP) is 6.57. The van der Waals surface area contributed by atoms with E-state index in [0.717, 1.165) is 12.1 Å². The van der Waals surface area contributed by atoms with Gasteiger partial charge < -0.3 is 14.2 Å². The van der Waals surface area contributed by atoms with Gasteiger partial charge in [-0.3, -0.25) is 9.78 Å². The number of benzene rings is 2. The van der Waals surface area contributed by atoms with Crippen molar-refractivity contribution in [2.24, 2.45) is 0 Å². The van der Waals surface area contributed by atoms with E-state index < -0.39 is 29.9 Å². The molecule has 0 bridgehead atoms. The molecule has 0 N–H and O–H groups in total. The Morgan fingerprint density at radius 1 is 1.00 bits per heavy atom. The Morgan fingerprint density at radius 2 is 1.68 bits per heavy atom. The molecule has 0 radical (unpaired) electrons. The van der Waals surface area contributed by atoms with Crippen molar-refractivity contribution in [3.8, 4) is 17.2 Å². The summed E-state index contributed by atoms with van der Waals surface area (Å²) >= 11 is 12.2. The van der Waals surface area contributed by atoms with Crippen LogP contribution < -0.4 is 14.2 Å². The molecule has 11 heteroatoms. The highest BCUT2D eigenvalue weighted by atomic mass is 35.5. The summed E-state index contributed by atoms with van der Waals surface area (Å²) in [4.78, 5) is 17.0. The second-order valence-electron chi connectivity index (χ2n) is 6.99. The third-order valence-corrected chi connectivity index (χ3v) is 5.41. The Hall–Kier alpha value is -3.04. The van der Waals surface area contributed by atoms with Crippen molar-refractivity contribution in [2.45, 2.75) is 19.2 Å². The molecule has 1 aromatic heterocycles. The van der Waals surface area contributed by atoms with Crippen molar-refractivity contribution in [1.29, 1.82) is 0 Å². The number of pyridine rings is 1. The maximum absolute atomic E-state index is 13.8. The standard InChI is InChI=1S/C23H17Cl2F4NO4/c1-32-20-4-3-15(19(31)8-16-17(24)9-30-10-18(16)25)21(22(20)33-2)34-11-12-5-13(23(27,28)29)7-14(26)6-12/h3-7,9-10H,8,11H2,1-2H3. The summed E-state index contributed by atoms with van der Waals surface area (Å²) in [7, 11) is 2.67. The minimum absolute atomic E-state index is 0.0349. The van der Waals surface area contributed by atoms with Crippen LogP contribution >= 0.6 is 23.2 Å². The number of carbonyl (C=O) groups is 1. The lowest BCUT2D eigenvalue weighted by Crippen LogP contribution is -2.11. The van der Waals surface area contributed by atoms with Gasteiger partial charge in [-0.05, 0) is 35.9 Å². The molecule has 2 aromatic carbocycles. The second-order valence-corrected chi connectivity index (χ2v) is 7.81. The smallest absolute Gasteiger partial charge is 0.416 e. The van der Waals surface area contributed by atoms with E-state index in [-0.39, 0.29) is 44.8 Å². The zero-order chi connectivity index (χ0) is 25.0. The summed E-state index contributed by atoms with van der Waals surface area (Å²) in [6, 6.07) is 4.92. The van der Waals surface area contributed by atoms with E-state index in [9.17, 15) is 22.4 Å². The molecular formula is C23H17Cl2F4NO4. The molecule has 180 valence electrons. The number of hydrogen-bond donors (Lipinski definition) is 0. The van der Waals surface area contributed by atoms with E-state index in [1.807, 2.05) is 0 Å². The van der Waals surface area contributed by atoms with Crippen LogP contribution in [0, 0.1) is 5.82 Å². The van der Waals surface area contributed by atoms with Crippen molar-refractivity contribution in [1.82, 2.24) is 4.98 Å². The quantitative estimate of drug-likeness (QED) is 0.250. The van der Waals surface area contributed by atoms with E-state index in [0.29, 0.717) is 11.6 Å². The molecular weight excluding hydrogens is 501 g/mol. The highest BCUT2D eigenvalue weighted by Crippen LogP contribution is 2.41. The van der Waals surface area contributed by atoms with Gasteiger partial charge in [0.25, 0.3) is 0 Å². The van der Waals surface area contributed by atoms with E-state index >= 15 is 0 Å². The molecule has 34 heavy (non-hydrogen) atoms. The molecule has 0 atom stereocenters. The molecule has 0 spiro atoms. The fourth-order valence-corrected chi connectivity index (χ4v) is 3.68. The van der Waals surface area contributed by atoms with Crippen LogP contribution in [0.25, 0.3) is 0 Å². The van der Waals surface area contributed by atoms with Crippen LogP contribution in [0.5, 0.6) is 17.2 Å². The molecule has 0 aliphatic rings. The van der Waals surface area contributed by atoms with Crippen LogP contribution in [-0.4, -0.2) is 25.0 Å². The van der Waals surface area contributed by atoms with Gasteiger partial charge in [-0.25, -0.2) is 4.39 Å². The number of ether oxygens (including phenoxy) is 3. The van der Waals surface area contributed by atoms with Gasteiger partial charge in [0.2, 0.25) is 5.75 Å². The van der Waals surface area contributed by atoms with E-state index in [4.69, 9.17) is 37.4 Å². The molecule has 1 heterocycles. The number of rotatable bonds is 8. The van der Waals surface area contributed by atoms with Crippen molar-refractivity contribution in [2.75, 3.05) is 14.2 Å². The topological polar surface area (TPSA) is 57.7 Å². The number of Topliss-reactive ketones (excluding diaryl/α,β-unsaturated/α-hetero) is 1. The summed E-state index contributed by atoms with van der Waals surface area (Å²) in [5.74, 6) is -1.39. The Morgan fingerprint density at radius 3 is 2.26 bits per heavy atom. The molecule has 5 nitrogen and oxygen atoms in total. The molecule has 3 rings (SSSR count). The molecule has 0 unspecified atom stereocenters. The highest BCUT2D eigenvalue weighted by molar-refractivity contribution is 6.36. The molecule has 3 aromatic rings. The van der Waals surface area contributed by atoms with Crippen molar-refractivity contribution < 1.29 is 36.6 Å². The van der Waals surface area contributed by atoms with Gasteiger partial charge in [-0.1, -0.05) is 23.2 Å². The number of carbonyl (C=O) groups excluding carboxylic acids is 1. The van der Waals surface area contributed by atoms with Gasteiger partial charge in [0.15, 0.2) is 17.3 Å².